The molecule has 1 unspecified atom stereocenters. The van der Waals surface area contributed by atoms with E-state index >= 15 is 0 Å². The number of carbonyl (C=O) groups excluding carboxylic acids is 2. The quantitative estimate of drug-likeness (QED) is 0.561. The molecule has 1 aromatic carbocycles. The molecule has 0 bridgehead atoms. The summed E-state index contributed by atoms with van der Waals surface area (Å²) >= 11 is 4.12. The summed E-state index contributed by atoms with van der Waals surface area (Å²) in [6.45, 7) is 1.80. The van der Waals surface area contributed by atoms with Crippen LogP contribution in [0.4, 0.5) is 5.69 Å². The lowest BCUT2D eigenvalue weighted by Crippen LogP contribution is -2.45. The Kier molecular flexibility index (Phi) is 4.32. The molecule has 20 heavy (non-hydrogen) atoms. The van der Waals surface area contributed by atoms with Gasteiger partial charge in [0.25, 0.3) is 5.91 Å². The Labute approximate surface area is 136 Å². The van der Waals surface area contributed by atoms with Crippen LogP contribution in [-0.2, 0) is 9.59 Å². The minimum Gasteiger partial charge on any atom is -0.290 e. The van der Waals surface area contributed by atoms with Crippen LogP contribution in [0, 0.1) is 3.57 Å². The molecular weight excluding hydrogens is 387 g/mol. The summed E-state index contributed by atoms with van der Waals surface area (Å²) in [4.78, 5) is 28.3. The number of amides is 2. The molecular formula is C14H15IN2O2S. The fourth-order valence-electron chi connectivity index (χ4n) is 2.65. The minimum atomic E-state index is -0.261. The molecule has 1 aromatic rings. The van der Waals surface area contributed by atoms with Crippen molar-refractivity contribution in [3.63, 3.8) is 0 Å². The molecule has 106 valence electrons. The summed E-state index contributed by atoms with van der Waals surface area (Å²) in [6.07, 6.45) is 0.315. The molecule has 0 aromatic heterocycles. The summed E-state index contributed by atoms with van der Waals surface area (Å²) in [5.74, 6) is 1.94. The minimum absolute atomic E-state index is 0.0666. The van der Waals surface area contributed by atoms with Gasteiger partial charge >= 0.3 is 0 Å². The van der Waals surface area contributed by atoms with Gasteiger partial charge in [-0.05, 0) is 46.9 Å². The summed E-state index contributed by atoms with van der Waals surface area (Å²) in [5, 5.41) is 0. The predicted octanol–water partition coefficient (Wildman–Crippen LogP) is 1.97. The Balaban J connectivity index is 1.81. The van der Waals surface area contributed by atoms with Crippen molar-refractivity contribution in [3.8, 4) is 0 Å². The summed E-state index contributed by atoms with van der Waals surface area (Å²) in [7, 11) is 0. The van der Waals surface area contributed by atoms with E-state index in [1.165, 1.54) is 4.90 Å². The first-order valence-electron chi connectivity index (χ1n) is 6.61. The number of thioether (sulfide) groups is 1. The highest BCUT2D eigenvalue weighted by Gasteiger charge is 2.42. The van der Waals surface area contributed by atoms with E-state index < -0.39 is 0 Å². The predicted molar refractivity (Wildman–Crippen MR) is 89.0 cm³/mol. The van der Waals surface area contributed by atoms with Gasteiger partial charge in [-0.15, -0.1) is 0 Å². The van der Waals surface area contributed by atoms with E-state index in [-0.39, 0.29) is 17.9 Å². The second-order valence-corrected chi connectivity index (χ2v) is 7.38. The second-order valence-electron chi connectivity index (χ2n) is 4.91. The maximum absolute atomic E-state index is 12.6. The highest BCUT2D eigenvalue weighted by Crippen LogP contribution is 2.27. The molecule has 2 fully saturated rings. The first-order chi connectivity index (χ1) is 9.66. The average molecular weight is 402 g/mol. The number of carbonyl (C=O) groups is 2. The van der Waals surface area contributed by atoms with Gasteiger partial charge in [-0.25, -0.2) is 4.90 Å². The lowest BCUT2D eigenvalue weighted by Gasteiger charge is -2.30. The third-order valence-corrected chi connectivity index (χ3v) is 5.36. The van der Waals surface area contributed by atoms with Crippen molar-refractivity contribution in [3.05, 3.63) is 27.8 Å². The fourth-order valence-corrected chi connectivity index (χ4v) is 3.94. The van der Waals surface area contributed by atoms with Gasteiger partial charge in [0.15, 0.2) is 0 Å². The summed E-state index contributed by atoms with van der Waals surface area (Å²) < 4.78 is 1.09. The van der Waals surface area contributed by atoms with Crippen LogP contribution in [0.25, 0.3) is 0 Å². The maximum Gasteiger partial charge on any atom is 0.251 e. The van der Waals surface area contributed by atoms with Crippen molar-refractivity contribution in [2.75, 3.05) is 29.5 Å². The van der Waals surface area contributed by atoms with E-state index in [1.807, 2.05) is 36.0 Å². The van der Waals surface area contributed by atoms with Crippen LogP contribution in [0.15, 0.2) is 24.3 Å². The van der Waals surface area contributed by atoms with Crippen molar-refractivity contribution in [2.24, 2.45) is 0 Å². The van der Waals surface area contributed by atoms with Crippen LogP contribution < -0.4 is 4.90 Å². The van der Waals surface area contributed by atoms with Crippen molar-refractivity contribution >= 4 is 51.9 Å². The summed E-state index contributed by atoms with van der Waals surface area (Å²) in [5.41, 5.74) is 0.689. The third kappa shape index (κ3) is 2.73. The lowest BCUT2D eigenvalue weighted by molar-refractivity contribution is -0.122. The molecule has 0 spiro atoms. The first kappa shape index (κ1) is 14.3. The number of rotatable bonds is 2. The van der Waals surface area contributed by atoms with Gasteiger partial charge < -0.3 is 0 Å². The van der Waals surface area contributed by atoms with Crippen molar-refractivity contribution in [1.29, 1.82) is 0 Å². The number of hydrogen-bond acceptors (Lipinski definition) is 4. The fraction of sp³-hybridized carbons (Fsp3) is 0.429. The molecule has 1 atom stereocenters. The van der Waals surface area contributed by atoms with Gasteiger partial charge in [0.2, 0.25) is 5.91 Å². The van der Waals surface area contributed by atoms with Crippen LogP contribution >= 0.6 is 34.4 Å². The smallest absolute Gasteiger partial charge is 0.251 e. The molecule has 2 saturated heterocycles. The van der Waals surface area contributed by atoms with E-state index in [4.69, 9.17) is 0 Å². The van der Waals surface area contributed by atoms with Gasteiger partial charge in [0.1, 0.15) is 0 Å². The van der Waals surface area contributed by atoms with E-state index in [1.54, 1.807) is 0 Å². The Morgan fingerprint density at radius 1 is 1.10 bits per heavy atom. The lowest BCUT2D eigenvalue weighted by atomic mass is 10.2. The molecule has 2 amide bonds. The highest BCUT2D eigenvalue weighted by atomic mass is 127. The molecule has 0 aliphatic carbocycles. The number of hydrogen-bond donors (Lipinski definition) is 0. The molecule has 0 N–H and O–H groups in total. The topological polar surface area (TPSA) is 40.6 Å². The highest BCUT2D eigenvalue weighted by molar-refractivity contribution is 14.1. The van der Waals surface area contributed by atoms with Crippen molar-refractivity contribution in [1.82, 2.24) is 4.90 Å². The number of halogens is 1. The molecule has 0 radical (unpaired) electrons. The van der Waals surface area contributed by atoms with Crippen molar-refractivity contribution < 1.29 is 9.59 Å². The molecule has 2 heterocycles. The third-order valence-electron chi connectivity index (χ3n) is 3.69. The zero-order chi connectivity index (χ0) is 14.1. The number of imide groups is 1. The standard InChI is InChI=1S/C14H15IN2O2S/c15-10-1-3-11(4-2-10)17-13(18)9-12(14(17)19)16-5-7-20-8-6-16/h1-4,12H,5-9H2. The SMILES string of the molecule is O=C1CC(N2CCSCC2)C(=O)N1c1ccc(I)cc1. The second kappa shape index (κ2) is 6.03. The van der Waals surface area contributed by atoms with Crippen LogP contribution in [-0.4, -0.2) is 47.4 Å². The Bertz CT molecular complexity index is 528. The van der Waals surface area contributed by atoms with Gasteiger partial charge in [0, 0.05) is 28.2 Å². The molecule has 2 aliphatic heterocycles. The van der Waals surface area contributed by atoms with E-state index in [0.717, 1.165) is 28.2 Å². The Morgan fingerprint density at radius 2 is 1.75 bits per heavy atom. The van der Waals surface area contributed by atoms with Crippen LogP contribution in [0.1, 0.15) is 6.42 Å². The zero-order valence-electron chi connectivity index (χ0n) is 10.9. The van der Waals surface area contributed by atoms with Crippen molar-refractivity contribution in [2.45, 2.75) is 12.5 Å². The largest absolute Gasteiger partial charge is 0.290 e. The number of anilines is 1. The van der Waals surface area contributed by atoms with E-state index in [9.17, 15) is 9.59 Å². The van der Waals surface area contributed by atoms with Gasteiger partial charge in [-0.2, -0.15) is 11.8 Å². The Morgan fingerprint density at radius 3 is 2.40 bits per heavy atom. The van der Waals surface area contributed by atoms with Gasteiger partial charge in [-0.1, -0.05) is 0 Å². The molecule has 2 aliphatic rings. The molecule has 4 nitrogen and oxygen atoms in total. The average Bonchev–Trinajstić information content (AvgIpc) is 2.76. The van der Waals surface area contributed by atoms with Crippen LogP contribution in [0.5, 0.6) is 0 Å². The van der Waals surface area contributed by atoms with E-state index in [0.29, 0.717) is 12.1 Å². The Hall–Kier alpha value is -0.600. The maximum atomic E-state index is 12.6. The van der Waals surface area contributed by atoms with E-state index in [2.05, 4.69) is 27.5 Å². The van der Waals surface area contributed by atoms with Gasteiger partial charge in [0.05, 0.1) is 18.2 Å². The monoisotopic (exact) mass is 402 g/mol. The first-order valence-corrected chi connectivity index (χ1v) is 8.84. The van der Waals surface area contributed by atoms with Crippen LogP contribution in [0.3, 0.4) is 0 Å². The number of nitrogens with zero attached hydrogens (tertiary/aromatic N) is 2. The molecule has 0 saturated carbocycles. The summed E-state index contributed by atoms with van der Waals surface area (Å²) in [6, 6.07) is 7.25. The zero-order valence-corrected chi connectivity index (χ0v) is 13.9. The molecule has 6 heteroatoms. The normalized spacial score (nSPS) is 24.4. The number of benzene rings is 1. The molecule has 3 rings (SSSR count). The van der Waals surface area contributed by atoms with Crippen LogP contribution in [0.2, 0.25) is 0 Å². The van der Waals surface area contributed by atoms with Gasteiger partial charge in [-0.3, -0.25) is 14.5 Å².